The molecule has 0 radical (unpaired) electrons. The monoisotopic (exact) mass is 269 g/mol. The number of rotatable bonds is 9. The second-order valence-electron chi connectivity index (χ2n) is 4.48. The number of hydrogen-bond acceptors (Lipinski definition) is 6. The smallest absolute Gasteiger partial charge is 0.224 e. The molecule has 0 spiro atoms. The molecule has 108 valence electrons. The number of aromatic nitrogens is 2. The Morgan fingerprint density at radius 1 is 1.26 bits per heavy atom. The van der Waals surface area contributed by atoms with E-state index in [9.17, 15) is 0 Å². The van der Waals surface area contributed by atoms with Crippen LogP contribution in [0.25, 0.3) is 0 Å². The number of nitrogens with zero attached hydrogens (tertiary/aromatic N) is 2. The molecule has 1 heterocycles. The zero-order valence-electron chi connectivity index (χ0n) is 11.8. The average molecular weight is 269 g/mol. The van der Waals surface area contributed by atoms with E-state index < -0.39 is 0 Å². The lowest BCUT2D eigenvalue weighted by Gasteiger charge is -2.12. The van der Waals surface area contributed by atoms with E-state index in [4.69, 9.17) is 14.6 Å². The normalized spacial score (nSPS) is 12.2. The summed E-state index contributed by atoms with van der Waals surface area (Å²) in [6, 6.07) is 0. The molecule has 0 bridgehead atoms. The molecule has 1 aromatic rings. The highest BCUT2D eigenvalue weighted by Crippen LogP contribution is 2.22. The molecule has 1 aromatic heterocycles. The van der Waals surface area contributed by atoms with Gasteiger partial charge in [0.15, 0.2) is 0 Å². The summed E-state index contributed by atoms with van der Waals surface area (Å²) in [4.78, 5) is 8.12. The molecule has 1 rings (SSSR count). The first-order chi connectivity index (χ1) is 9.22. The Balaban J connectivity index is 2.44. The van der Waals surface area contributed by atoms with E-state index in [1.807, 2.05) is 6.92 Å². The van der Waals surface area contributed by atoms with E-state index in [0.29, 0.717) is 24.2 Å². The molecule has 0 amide bonds. The highest BCUT2D eigenvalue weighted by atomic mass is 16.5. The maximum absolute atomic E-state index is 8.94. The highest BCUT2D eigenvalue weighted by molar-refractivity contribution is 5.34. The van der Waals surface area contributed by atoms with Crippen LogP contribution < -0.4 is 14.8 Å². The Bertz CT molecular complexity index is 352. The second kappa shape index (κ2) is 8.66. The first kappa shape index (κ1) is 15.7. The first-order valence-corrected chi connectivity index (χ1v) is 6.46. The Morgan fingerprint density at radius 3 is 2.42 bits per heavy atom. The minimum atomic E-state index is 0.244. The van der Waals surface area contributed by atoms with Gasteiger partial charge in [0.1, 0.15) is 6.33 Å². The van der Waals surface area contributed by atoms with Crippen molar-refractivity contribution in [1.82, 2.24) is 15.3 Å². The maximum atomic E-state index is 8.94. The lowest BCUT2D eigenvalue weighted by Crippen LogP contribution is -2.17. The maximum Gasteiger partial charge on any atom is 0.224 e. The largest absolute Gasteiger partial charge is 0.481 e. The number of aliphatic hydroxyl groups excluding tert-OH is 1. The van der Waals surface area contributed by atoms with Crippen LogP contribution in [0.15, 0.2) is 6.33 Å². The van der Waals surface area contributed by atoms with Gasteiger partial charge in [-0.25, -0.2) is 9.97 Å². The molecule has 6 nitrogen and oxygen atoms in total. The molecule has 0 saturated carbocycles. The third kappa shape index (κ3) is 5.00. The van der Waals surface area contributed by atoms with E-state index >= 15 is 0 Å². The Hall–Kier alpha value is -1.40. The summed E-state index contributed by atoms with van der Waals surface area (Å²) in [7, 11) is 3.16. The molecule has 2 N–H and O–H groups in total. The van der Waals surface area contributed by atoms with Crippen molar-refractivity contribution in [2.75, 3.05) is 27.4 Å². The molecular weight excluding hydrogens is 246 g/mol. The fourth-order valence-electron chi connectivity index (χ4n) is 1.76. The van der Waals surface area contributed by atoms with Gasteiger partial charge in [0.05, 0.1) is 19.8 Å². The summed E-state index contributed by atoms with van der Waals surface area (Å²) in [6.07, 6.45) is 3.44. The lowest BCUT2D eigenvalue weighted by molar-refractivity contribution is 0.228. The minimum absolute atomic E-state index is 0.244. The van der Waals surface area contributed by atoms with Crippen LogP contribution >= 0.6 is 0 Å². The van der Waals surface area contributed by atoms with Crippen molar-refractivity contribution in [3.8, 4) is 11.8 Å². The molecule has 0 aliphatic heterocycles. The van der Waals surface area contributed by atoms with Crippen molar-refractivity contribution in [2.45, 2.75) is 26.3 Å². The first-order valence-electron chi connectivity index (χ1n) is 6.46. The van der Waals surface area contributed by atoms with Crippen molar-refractivity contribution in [3.05, 3.63) is 11.9 Å². The zero-order valence-corrected chi connectivity index (χ0v) is 11.8. The summed E-state index contributed by atoms with van der Waals surface area (Å²) in [5, 5.41) is 12.2. The highest BCUT2D eigenvalue weighted by Gasteiger charge is 2.12. The van der Waals surface area contributed by atoms with E-state index in [2.05, 4.69) is 15.3 Å². The van der Waals surface area contributed by atoms with Gasteiger partial charge in [-0.2, -0.15) is 0 Å². The fourth-order valence-corrected chi connectivity index (χ4v) is 1.76. The summed E-state index contributed by atoms with van der Waals surface area (Å²) in [6.45, 7) is 3.75. The summed E-state index contributed by atoms with van der Waals surface area (Å²) in [5.74, 6) is 1.41. The minimum Gasteiger partial charge on any atom is -0.481 e. The summed E-state index contributed by atoms with van der Waals surface area (Å²) < 4.78 is 10.4. The van der Waals surface area contributed by atoms with E-state index in [1.165, 1.54) is 6.33 Å². The number of aliphatic hydroxyl groups is 1. The van der Waals surface area contributed by atoms with Crippen LogP contribution in [0.4, 0.5) is 0 Å². The quantitative estimate of drug-likeness (QED) is 0.651. The van der Waals surface area contributed by atoms with Gasteiger partial charge in [-0.15, -0.1) is 0 Å². The predicted molar refractivity (Wildman–Crippen MR) is 72.3 cm³/mol. The number of hydrogen-bond donors (Lipinski definition) is 2. The van der Waals surface area contributed by atoms with Crippen LogP contribution in [0.3, 0.4) is 0 Å². The van der Waals surface area contributed by atoms with Crippen molar-refractivity contribution in [2.24, 2.45) is 5.92 Å². The molecule has 6 heteroatoms. The Labute approximate surface area is 114 Å². The van der Waals surface area contributed by atoms with Gasteiger partial charge in [0, 0.05) is 13.2 Å². The van der Waals surface area contributed by atoms with Crippen LogP contribution in [0, 0.1) is 5.92 Å². The third-order valence-electron chi connectivity index (χ3n) is 2.92. The fraction of sp³-hybridized carbons (Fsp3) is 0.692. The molecule has 1 atom stereocenters. The summed E-state index contributed by atoms with van der Waals surface area (Å²) in [5.41, 5.74) is 0.822. The van der Waals surface area contributed by atoms with Crippen molar-refractivity contribution >= 4 is 0 Å². The van der Waals surface area contributed by atoms with Crippen LogP contribution in [0.2, 0.25) is 0 Å². The molecule has 1 unspecified atom stereocenters. The van der Waals surface area contributed by atoms with Crippen molar-refractivity contribution in [3.63, 3.8) is 0 Å². The molecule has 0 aliphatic rings. The van der Waals surface area contributed by atoms with Crippen LogP contribution in [-0.4, -0.2) is 42.4 Å². The number of ether oxygens (including phenoxy) is 2. The van der Waals surface area contributed by atoms with Crippen LogP contribution in [-0.2, 0) is 6.54 Å². The zero-order chi connectivity index (χ0) is 14.1. The number of nitrogens with one attached hydrogen (secondary N) is 1. The van der Waals surface area contributed by atoms with Crippen LogP contribution in [0.5, 0.6) is 11.8 Å². The van der Waals surface area contributed by atoms with Gasteiger partial charge >= 0.3 is 0 Å². The molecule has 0 aromatic carbocycles. The van der Waals surface area contributed by atoms with E-state index in [0.717, 1.165) is 24.9 Å². The Morgan fingerprint density at radius 2 is 1.89 bits per heavy atom. The average Bonchev–Trinajstić information content (AvgIpc) is 2.46. The van der Waals surface area contributed by atoms with Gasteiger partial charge in [-0.1, -0.05) is 6.92 Å². The third-order valence-corrected chi connectivity index (χ3v) is 2.92. The van der Waals surface area contributed by atoms with Crippen molar-refractivity contribution < 1.29 is 14.6 Å². The van der Waals surface area contributed by atoms with Gasteiger partial charge in [-0.3, -0.25) is 0 Å². The molecule has 19 heavy (non-hydrogen) atoms. The van der Waals surface area contributed by atoms with E-state index in [-0.39, 0.29) is 6.61 Å². The summed E-state index contributed by atoms with van der Waals surface area (Å²) >= 11 is 0. The van der Waals surface area contributed by atoms with Gasteiger partial charge in [-0.05, 0) is 25.3 Å². The SMILES string of the molecule is COc1ncnc(OC)c1CNCCCC(C)CO. The second-order valence-corrected chi connectivity index (χ2v) is 4.48. The molecular formula is C13H23N3O3. The van der Waals surface area contributed by atoms with Crippen LogP contribution in [0.1, 0.15) is 25.3 Å². The molecule has 0 fully saturated rings. The standard InChI is InChI=1S/C13H23N3O3/c1-10(8-17)5-4-6-14-7-11-12(18-2)15-9-16-13(11)19-3/h9-10,14,17H,4-8H2,1-3H3. The van der Waals surface area contributed by atoms with Gasteiger partial charge in [0.2, 0.25) is 11.8 Å². The Kier molecular flexibility index (Phi) is 7.14. The lowest BCUT2D eigenvalue weighted by atomic mass is 10.1. The van der Waals surface area contributed by atoms with Gasteiger partial charge < -0.3 is 19.9 Å². The molecule has 0 saturated heterocycles. The predicted octanol–water partition coefficient (Wildman–Crippen LogP) is 0.992. The van der Waals surface area contributed by atoms with E-state index in [1.54, 1.807) is 14.2 Å². The van der Waals surface area contributed by atoms with Gasteiger partial charge in [0.25, 0.3) is 0 Å². The van der Waals surface area contributed by atoms with Crippen molar-refractivity contribution in [1.29, 1.82) is 0 Å². The topological polar surface area (TPSA) is 76.5 Å². The molecule has 0 aliphatic carbocycles. The number of methoxy groups -OCH3 is 2.